The van der Waals surface area contributed by atoms with E-state index >= 15 is 0 Å². The molecule has 22 heavy (non-hydrogen) atoms. The standard InChI is InChI=1S/C20H28O2/c1-15(8-6-9-16(2)14-19(21)22)11-12-18-17(3)10-7-13-20(18,4)5/h6,8-9,11-12,14H,7,10,13H2,1-5H3,(H,21,22)/b9-6+,12-11+,15-8+,16-14-/i3D3,10D2. The molecule has 0 amide bonds. The van der Waals surface area contributed by atoms with Crippen LogP contribution in [0.3, 0.4) is 0 Å². The number of carboxylic acid groups (broad SMARTS) is 1. The first-order chi connectivity index (χ1) is 12.2. The van der Waals surface area contributed by atoms with Crippen molar-refractivity contribution < 1.29 is 16.8 Å². The maximum Gasteiger partial charge on any atom is 0.328 e. The summed E-state index contributed by atoms with van der Waals surface area (Å²) in [4.78, 5) is 10.6. The van der Waals surface area contributed by atoms with Crippen LogP contribution < -0.4 is 0 Å². The van der Waals surface area contributed by atoms with Gasteiger partial charge < -0.3 is 5.11 Å². The number of rotatable bonds is 5. The Hall–Kier alpha value is -1.83. The minimum atomic E-state index is -2.49. The van der Waals surface area contributed by atoms with E-state index in [0.29, 0.717) is 17.6 Å². The van der Waals surface area contributed by atoms with E-state index in [1.54, 1.807) is 37.3 Å². The molecule has 1 rings (SSSR count). The molecule has 1 aliphatic rings. The molecule has 0 atom stereocenters. The van der Waals surface area contributed by atoms with Crippen molar-refractivity contribution in [3.8, 4) is 0 Å². The lowest BCUT2D eigenvalue weighted by Crippen LogP contribution is -2.19. The molecular formula is C20H28O2. The first kappa shape index (κ1) is 11.7. The maximum atomic E-state index is 10.6. The molecule has 0 bridgehead atoms. The van der Waals surface area contributed by atoms with Crippen molar-refractivity contribution in [1.29, 1.82) is 0 Å². The van der Waals surface area contributed by atoms with Crippen molar-refractivity contribution in [3.05, 3.63) is 58.7 Å². The van der Waals surface area contributed by atoms with Crippen molar-refractivity contribution >= 4 is 5.97 Å². The van der Waals surface area contributed by atoms with E-state index in [2.05, 4.69) is 0 Å². The molecule has 0 saturated heterocycles. The molecule has 0 aliphatic heterocycles. The third-order valence-electron chi connectivity index (χ3n) is 3.63. The Kier molecular flexibility index (Phi) is 4.24. The Morgan fingerprint density at radius 3 is 2.68 bits per heavy atom. The smallest absolute Gasteiger partial charge is 0.328 e. The quantitative estimate of drug-likeness (QED) is 0.530. The molecule has 0 fully saturated rings. The SMILES string of the molecule is [2H]C([2H])([2H])C1=C(/C=C/C(C)=C/C=C/C(C)=C\C(=O)O)C(C)(C)CCC1([2H])[2H]. The second-order valence-electron chi connectivity index (χ2n) is 6.18. The molecule has 0 aromatic rings. The average molecular weight is 305 g/mol. The predicted molar refractivity (Wildman–Crippen MR) is 93.8 cm³/mol. The topological polar surface area (TPSA) is 37.3 Å². The van der Waals surface area contributed by atoms with E-state index in [4.69, 9.17) is 12.0 Å². The average Bonchev–Trinajstić information content (AvgIpc) is 2.46. The molecule has 0 aromatic heterocycles. The predicted octanol–water partition coefficient (Wildman–Crippen LogP) is 5.60. The third-order valence-corrected chi connectivity index (χ3v) is 3.63. The van der Waals surface area contributed by atoms with E-state index in [1.807, 2.05) is 20.8 Å². The first-order valence-electron chi connectivity index (χ1n) is 9.87. The van der Waals surface area contributed by atoms with Crippen molar-refractivity contribution in [2.45, 2.75) is 53.8 Å². The highest BCUT2D eigenvalue weighted by molar-refractivity contribution is 5.81. The monoisotopic (exact) mass is 305 g/mol. The van der Waals surface area contributed by atoms with Gasteiger partial charge in [0.25, 0.3) is 0 Å². The summed E-state index contributed by atoms with van der Waals surface area (Å²) in [5.74, 6) is -1.00. The summed E-state index contributed by atoms with van der Waals surface area (Å²) in [7, 11) is 0. The van der Waals surface area contributed by atoms with Crippen molar-refractivity contribution in [2.75, 3.05) is 0 Å². The van der Waals surface area contributed by atoms with Gasteiger partial charge in [-0.05, 0) is 56.5 Å². The van der Waals surface area contributed by atoms with Crippen LogP contribution in [-0.4, -0.2) is 11.1 Å². The van der Waals surface area contributed by atoms with Gasteiger partial charge in [0.05, 0.1) is 0 Å². The van der Waals surface area contributed by atoms with Gasteiger partial charge in [0.15, 0.2) is 0 Å². The molecule has 1 N–H and O–H groups in total. The van der Waals surface area contributed by atoms with Gasteiger partial charge in [0.1, 0.15) is 0 Å². The summed E-state index contributed by atoms with van der Waals surface area (Å²) < 4.78 is 39.8. The summed E-state index contributed by atoms with van der Waals surface area (Å²) in [6.07, 6.45) is 8.67. The zero-order valence-corrected chi connectivity index (χ0v) is 13.7. The van der Waals surface area contributed by atoms with Crippen LogP contribution in [0.25, 0.3) is 0 Å². The van der Waals surface area contributed by atoms with Crippen LogP contribution in [0.4, 0.5) is 0 Å². The molecule has 0 heterocycles. The van der Waals surface area contributed by atoms with Gasteiger partial charge in [-0.15, -0.1) is 0 Å². The van der Waals surface area contributed by atoms with E-state index in [9.17, 15) is 4.79 Å². The molecule has 2 heteroatoms. The van der Waals surface area contributed by atoms with E-state index < -0.39 is 24.6 Å². The summed E-state index contributed by atoms with van der Waals surface area (Å²) in [6.45, 7) is 4.91. The number of carboxylic acids is 1. The zero-order chi connectivity index (χ0) is 21.0. The number of hydrogen-bond acceptors (Lipinski definition) is 1. The normalized spacial score (nSPS) is 26.5. The van der Waals surface area contributed by atoms with Crippen molar-refractivity contribution in [2.24, 2.45) is 5.41 Å². The van der Waals surface area contributed by atoms with E-state index in [1.165, 1.54) is 0 Å². The molecular weight excluding hydrogens is 272 g/mol. The van der Waals surface area contributed by atoms with Gasteiger partial charge in [-0.3, -0.25) is 0 Å². The molecule has 0 spiro atoms. The van der Waals surface area contributed by atoms with Crippen LogP contribution in [-0.2, 0) is 4.79 Å². The number of allylic oxidation sites excluding steroid dienone is 9. The highest BCUT2D eigenvalue weighted by Gasteiger charge is 2.26. The van der Waals surface area contributed by atoms with Gasteiger partial charge in [-0.1, -0.05) is 55.4 Å². The van der Waals surface area contributed by atoms with Crippen LogP contribution >= 0.6 is 0 Å². The minimum Gasteiger partial charge on any atom is -0.478 e. The Bertz CT molecular complexity index is 732. The van der Waals surface area contributed by atoms with E-state index in [0.717, 1.165) is 11.6 Å². The third kappa shape index (κ3) is 5.88. The summed E-state index contributed by atoms with van der Waals surface area (Å²) in [5, 5.41) is 8.68. The molecule has 1 aliphatic carbocycles. The van der Waals surface area contributed by atoms with Crippen LogP contribution in [0, 0.1) is 5.41 Å². The fraction of sp³-hybridized carbons (Fsp3) is 0.450. The van der Waals surface area contributed by atoms with Gasteiger partial charge in [0.2, 0.25) is 0 Å². The Morgan fingerprint density at radius 1 is 1.32 bits per heavy atom. The van der Waals surface area contributed by atoms with Crippen molar-refractivity contribution in [3.63, 3.8) is 0 Å². The number of hydrogen-bond donors (Lipinski definition) is 1. The molecule has 0 aromatic carbocycles. The van der Waals surface area contributed by atoms with Crippen LogP contribution in [0.5, 0.6) is 0 Å². The molecule has 0 saturated carbocycles. The van der Waals surface area contributed by atoms with Gasteiger partial charge in [-0.25, -0.2) is 4.79 Å². The minimum absolute atomic E-state index is 0.105. The summed E-state index contributed by atoms with van der Waals surface area (Å²) in [5.41, 5.74) is 1.43. The molecule has 0 unspecified atom stereocenters. The Morgan fingerprint density at radius 2 is 2.05 bits per heavy atom. The second-order valence-corrected chi connectivity index (χ2v) is 6.18. The molecule has 2 nitrogen and oxygen atoms in total. The largest absolute Gasteiger partial charge is 0.478 e. The summed E-state index contributed by atoms with van der Waals surface area (Å²) in [6, 6.07) is 0. The van der Waals surface area contributed by atoms with Gasteiger partial charge in [0, 0.05) is 12.9 Å². The fourth-order valence-corrected chi connectivity index (χ4v) is 2.24. The van der Waals surface area contributed by atoms with E-state index in [-0.39, 0.29) is 12.0 Å². The lowest BCUT2D eigenvalue weighted by Gasteiger charge is -2.32. The maximum absolute atomic E-state index is 10.6. The van der Waals surface area contributed by atoms with Crippen LogP contribution in [0.1, 0.15) is 60.6 Å². The van der Waals surface area contributed by atoms with Crippen molar-refractivity contribution in [1.82, 2.24) is 0 Å². The Labute approximate surface area is 141 Å². The highest BCUT2D eigenvalue weighted by atomic mass is 16.4. The van der Waals surface area contributed by atoms with Crippen LogP contribution in [0.2, 0.25) is 0 Å². The van der Waals surface area contributed by atoms with Gasteiger partial charge >= 0.3 is 5.97 Å². The fourth-order valence-electron chi connectivity index (χ4n) is 2.24. The number of aliphatic carboxylic acids is 1. The highest BCUT2D eigenvalue weighted by Crippen LogP contribution is 2.40. The van der Waals surface area contributed by atoms with Gasteiger partial charge in [-0.2, -0.15) is 0 Å². The molecule has 120 valence electrons. The summed E-state index contributed by atoms with van der Waals surface area (Å²) >= 11 is 0. The van der Waals surface area contributed by atoms with Crippen LogP contribution in [0.15, 0.2) is 58.7 Å². The zero-order valence-electron chi connectivity index (χ0n) is 18.7. The lowest BCUT2D eigenvalue weighted by molar-refractivity contribution is -0.131. The molecule has 0 radical (unpaired) electrons. The second kappa shape index (κ2) is 7.98. The lowest BCUT2D eigenvalue weighted by atomic mass is 9.72. The first-order valence-corrected chi connectivity index (χ1v) is 7.37. The Balaban J connectivity index is 3.24. The number of carbonyl (C=O) groups is 1.